The van der Waals surface area contributed by atoms with Crippen molar-refractivity contribution in [1.29, 1.82) is 0 Å². The summed E-state index contributed by atoms with van der Waals surface area (Å²) in [6.45, 7) is 2.17. The summed E-state index contributed by atoms with van der Waals surface area (Å²) in [7, 11) is -0.648. The van der Waals surface area contributed by atoms with Gasteiger partial charge in [0.2, 0.25) is 10.0 Å². The quantitative estimate of drug-likeness (QED) is 0.376. The van der Waals surface area contributed by atoms with Crippen molar-refractivity contribution in [2.75, 3.05) is 27.2 Å². The molecule has 1 unspecified atom stereocenters. The first kappa shape index (κ1) is 18.2. The third-order valence-electron chi connectivity index (χ3n) is 3.73. The molecule has 1 aromatic rings. The number of carbonyl (C=O) groups excluding carboxylic acids is 2. The number of ether oxygens (including phenoxy) is 1. The van der Waals surface area contributed by atoms with Crippen molar-refractivity contribution in [3.63, 3.8) is 0 Å². The first-order chi connectivity index (χ1) is 11.2. The summed E-state index contributed by atoms with van der Waals surface area (Å²) >= 11 is 0. The molecule has 132 valence electrons. The number of rotatable bonds is 7. The summed E-state index contributed by atoms with van der Waals surface area (Å²) in [6.07, 6.45) is 0. The van der Waals surface area contributed by atoms with Gasteiger partial charge in [0.25, 0.3) is 5.91 Å². The molecule has 1 saturated heterocycles. The molecule has 1 aliphatic rings. The normalized spacial score (nSPS) is 20.6. The monoisotopic (exact) mass is 356 g/mol. The number of imide groups is 1. The van der Waals surface area contributed by atoms with Crippen LogP contribution >= 0.6 is 0 Å². The van der Waals surface area contributed by atoms with E-state index in [-0.39, 0.29) is 17.0 Å². The fourth-order valence-corrected chi connectivity index (χ4v) is 3.43. The zero-order valence-electron chi connectivity index (χ0n) is 13.6. The van der Waals surface area contributed by atoms with Crippen LogP contribution in [0.3, 0.4) is 0 Å². The van der Waals surface area contributed by atoms with Crippen LogP contribution in [0.1, 0.15) is 12.5 Å². The highest BCUT2D eigenvalue weighted by Crippen LogP contribution is 2.34. The first-order valence-electron chi connectivity index (χ1n) is 7.21. The lowest BCUT2D eigenvalue weighted by atomic mass is 9.91. The third kappa shape index (κ3) is 3.35. The van der Waals surface area contributed by atoms with Crippen LogP contribution in [0.15, 0.2) is 23.1 Å². The predicted octanol–water partition coefficient (Wildman–Crippen LogP) is -0.752. The lowest BCUT2D eigenvalue weighted by Gasteiger charge is -2.24. The van der Waals surface area contributed by atoms with E-state index >= 15 is 0 Å². The van der Waals surface area contributed by atoms with Crippen LogP contribution in [0.5, 0.6) is 5.75 Å². The van der Waals surface area contributed by atoms with Gasteiger partial charge in [0.15, 0.2) is 0 Å². The van der Waals surface area contributed by atoms with Crippen molar-refractivity contribution in [3.05, 3.63) is 23.8 Å². The number of carbonyl (C=O) groups is 2. The molecule has 9 nitrogen and oxygen atoms in total. The van der Waals surface area contributed by atoms with E-state index < -0.39 is 27.5 Å². The Morgan fingerprint density at radius 3 is 2.50 bits per heavy atom. The van der Waals surface area contributed by atoms with Crippen molar-refractivity contribution < 1.29 is 22.7 Å². The Kier molecular flexibility index (Phi) is 5.11. The average molecular weight is 356 g/mol. The molecule has 1 aromatic carbocycles. The molecule has 24 heavy (non-hydrogen) atoms. The van der Waals surface area contributed by atoms with Gasteiger partial charge < -0.3 is 15.4 Å². The number of likely N-dealkylation sites (N-methyl/N-ethyl adjacent to an activating group) is 1. The topological polar surface area (TPSA) is 126 Å². The maximum atomic E-state index is 12.4. The van der Waals surface area contributed by atoms with Gasteiger partial charge in [-0.15, -0.1) is 0 Å². The SMILES string of the molecule is CNCCNS(=O)(=O)c1ccc(OC)c(C2(C)NC(=O)NC2=O)c1. The maximum absolute atomic E-state index is 12.4. The van der Waals surface area contributed by atoms with Crippen LogP contribution < -0.4 is 25.4 Å². The van der Waals surface area contributed by atoms with E-state index in [1.807, 2.05) is 0 Å². The van der Waals surface area contributed by atoms with Crippen molar-refractivity contribution in [1.82, 2.24) is 20.7 Å². The van der Waals surface area contributed by atoms with E-state index in [1.54, 1.807) is 7.05 Å². The van der Waals surface area contributed by atoms with Gasteiger partial charge in [0, 0.05) is 18.7 Å². The molecule has 4 N–H and O–H groups in total. The number of sulfonamides is 1. The van der Waals surface area contributed by atoms with Crippen molar-refractivity contribution in [2.45, 2.75) is 17.4 Å². The van der Waals surface area contributed by atoms with Crippen LogP contribution in [-0.4, -0.2) is 47.6 Å². The minimum Gasteiger partial charge on any atom is -0.496 e. The Hall–Kier alpha value is -2.17. The number of benzene rings is 1. The standard InChI is InChI=1S/C14H20N4O5S/c1-14(12(19)17-13(20)18-14)10-8-9(4-5-11(10)23-3)24(21,22)16-7-6-15-2/h4-5,8,15-16H,6-7H2,1-3H3,(H2,17,18,19,20). The largest absolute Gasteiger partial charge is 0.496 e. The van der Waals surface area contributed by atoms with E-state index in [0.717, 1.165) is 0 Å². The summed E-state index contributed by atoms with van der Waals surface area (Å²) in [5.41, 5.74) is -1.16. The number of methoxy groups -OCH3 is 1. The van der Waals surface area contributed by atoms with E-state index in [1.165, 1.54) is 32.2 Å². The number of urea groups is 1. The lowest BCUT2D eigenvalue weighted by Crippen LogP contribution is -2.41. The summed E-state index contributed by atoms with van der Waals surface area (Å²) in [4.78, 5) is 23.6. The molecule has 3 amide bonds. The zero-order valence-corrected chi connectivity index (χ0v) is 14.4. The number of nitrogens with one attached hydrogen (secondary N) is 4. The van der Waals surface area contributed by atoms with Gasteiger partial charge in [-0.1, -0.05) is 0 Å². The molecule has 0 radical (unpaired) electrons. The third-order valence-corrected chi connectivity index (χ3v) is 5.19. The van der Waals surface area contributed by atoms with E-state index in [2.05, 4.69) is 20.7 Å². The fraction of sp³-hybridized carbons (Fsp3) is 0.429. The molecule has 10 heteroatoms. The fourth-order valence-electron chi connectivity index (χ4n) is 2.37. The van der Waals surface area contributed by atoms with Gasteiger partial charge >= 0.3 is 6.03 Å². The summed E-state index contributed by atoms with van der Waals surface area (Å²) in [5, 5.41) is 7.47. The molecule has 0 aromatic heterocycles. The van der Waals surface area contributed by atoms with Gasteiger partial charge in [-0.05, 0) is 32.2 Å². The minimum atomic E-state index is -3.76. The molecule has 1 heterocycles. The highest BCUT2D eigenvalue weighted by molar-refractivity contribution is 7.89. The molecule has 0 saturated carbocycles. The highest BCUT2D eigenvalue weighted by Gasteiger charge is 2.45. The molecule has 2 rings (SSSR count). The van der Waals surface area contributed by atoms with Crippen LogP contribution in [0.2, 0.25) is 0 Å². The molecule has 0 bridgehead atoms. The Bertz CT molecular complexity index is 764. The molecule has 1 fully saturated rings. The summed E-state index contributed by atoms with van der Waals surface area (Å²) < 4.78 is 32.4. The Balaban J connectivity index is 2.45. The first-order valence-corrected chi connectivity index (χ1v) is 8.69. The molecule has 0 spiro atoms. The zero-order chi connectivity index (χ0) is 18.0. The van der Waals surface area contributed by atoms with E-state index in [9.17, 15) is 18.0 Å². The average Bonchev–Trinajstić information content (AvgIpc) is 2.80. The number of hydrogen-bond acceptors (Lipinski definition) is 6. The Morgan fingerprint density at radius 2 is 1.96 bits per heavy atom. The van der Waals surface area contributed by atoms with Crippen LogP contribution in [-0.2, 0) is 20.4 Å². The Labute approximate surface area is 140 Å². The number of amides is 3. The van der Waals surface area contributed by atoms with Gasteiger partial charge in [0.1, 0.15) is 11.3 Å². The molecular weight excluding hydrogens is 336 g/mol. The van der Waals surface area contributed by atoms with Crippen molar-refractivity contribution in [3.8, 4) is 5.75 Å². The maximum Gasteiger partial charge on any atom is 0.322 e. The molecule has 1 aliphatic heterocycles. The second-order valence-corrected chi connectivity index (χ2v) is 7.16. The van der Waals surface area contributed by atoms with E-state index in [4.69, 9.17) is 4.74 Å². The van der Waals surface area contributed by atoms with Gasteiger partial charge in [0.05, 0.1) is 12.0 Å². The summed E-state index contributed by atoms with van der Waals surface area (Å²) in [5.74, 6) is -0.285. The van der Waals surface area contributed by atoms with Crippen LogP contribution in [0, 0.1) is 0 Å². The van der Waals surface area contributed by atoms with E-state index in [0.29, 0.717) is 12.3 Å². The predicted molar refractivity (Wildman–Crippen MR) is 86.1 cm³/mol. The second-order valence-electron chi connectivity index (χ2n) is 5.40. The minimum absolute atomic E-state index is 0.0235. The summed E-state index contributed by atoms with van der Waals surface area (Å²) in [6, 6.07) is 3.50. The van der Waals surface area contributed by atoms with Crippen molar-refractivity contribution in [2.24, 2.45) is 0 Å². The van der Waals surface area contributed by atoms with Crippen molar-refractivity contribution >= 4 is 22.0 Å². The van der Waals surface area contributed by atoms with Crippen LogP contribution in [0.25, 0.3) is 0 Å². The molecule has 0 aliphatic carbocycles. The Morgan fingerprint density at radius 1 is 1.25 bits per heavy atom. The molecule has 1 atom stereocenters. The van der Waals surface area contributed by atoms with Gasteiger partial charge in [-0.2, -0.15) is 0 Å². The van der Waals surface area contributed by atoms with Crippen LogP contribution in [0.4, 0.5) is 4.79 Å². The van der Waals surface area contributed by atoms with Gasteiger partial charge in [-0.3, -0.25) is 10.1 Å². The smallest absolute Gasteiger partial charge is 0.322 e. The van der Waals surface area contributed by atoms with Gasteiger partial charge in [-0.25, -0.2) is 17.9 Å². The second kappa shape index (κ2) is 6.75. The highest BCUT2D eigenvalue weighted by atomic mass is 32.2. The lowest BCUT2D eigenvalue weighted by molar-refractivity contribution is -0.123. The number of hydrogen-bond donors (Lipinski definition) is 4. The molecular formula is C14H20N4O5S.